The summed E-state index contributed by atoms with van der Waals surface area (Å²) in [4.78, 5) is 13.8. The van der Waals surface area contributed by atoms with Gasteiger partial charge in [-0.25, -0.2) is 0 Å². The Morgan fingerprint density at radius 3 is 2.79 bits per heavy atom. The van der Waals surface area contributed by atoms with Crippen LogP contribution in [0.3, 0.4) is 0 Å². The van der Waals surface area contributed by atoms with Gasteiger partial charge in [-0.2, -0.15) is 0 Å². The molecular formula is C10H17NO2S. The van der Waals surface area contributed by atoms with Gasteiger partial charge in [-0.1, -0.05) is 6.42 Å². The molecule has 0 radical (unpaired) electrons. The van der Waals surface area contributed by atoms with Crippen LogP contribution >= 0.6 is 11.8 Å². The van der Waals surface area contributed by atoms with Crippen molar-refractivity contribution in [3.05, 3.63) is 0 Å². The Hall–Kier alpha value is -0.220. The molecule has 0 aromatic heterocycles. The van der Waals surface area contributed by atoms with Crippen molar-refractivity contribution >= 4 is 17.7 Å². The summed E-state index contributed by atoms with van der Waals surface area (Å²) < 4.78 is 0. The van der Waals surface area contributed by atoms with Crippen molar-refractivity contribution in [2.45, 2.75) is 37.0 Å². The fraction of sp³-hybridized carbons (Fsp3) is 0.900. The van der Waals surface area contributed by atoms with E-state index in [0.717, 1.165) is 25.1 Å². The van der Waals surface area contributed by atoms with Gasteiger partial charge in [0.2, 0.25) is 5.91 Å². The zero-order chi connectivity index (χ0) is 9.97. The SMILES string of the molecule is O=C(C1CCCCS1)N1CC[C@H](O)C1. The molecule has 2 heterocycles. The first-order valence-electron chi connectivity index (χ1n) is 5.36. The maximum atomic E-state index is 11.9. The van der Waals surface area contributed by atoms with Gasteiger partial charge in [0.1, 0.15) is 0 Å². The van der Waals surface area contributed by atoms with E-state index >= 15 is 0 Å². The number of carbonyl (C=O) groups is 1. The van der Waals surface area contributed by atoms with Crippen LogP contribution in [0.4, 0.5) is 0 Å². The molecule has 2 atom stereocenters. The number of thioether (sulfide) groups is 1. The van der Waals surface area contributed by atoms with Crippen LogP contribution < -0.4 is 0 Å². The largest absolute Gasteiger partial charge is 0.391 e. The van der Waals surface area contributed by atoms with Crippen molar-refractivity contribution in [1.29, 1.82) is 0 Å². The summed E-state index contributed by atoms with van der Waals surface area (Å²) >= 11 is 1.79. The molecule has 4 heteroatoms. The molecule has 3 nitrogen and oxygen atoms in total. The zero-order valence-electron chi connectivity index (χ0n) is 8.32. The Balaban J connectivity index is 1.87. The number of nitrogens with zero attached hydrogens (tertiary/aromatic N) is 1. The average molecular weight is 215 g/mol. The van der Waals surface area contributed by atoms with E-state index in [1.807, 2.05) is 4.90 Å². The van der Waals surface area contributed by atoms with Gasteiger partial charge < -0.3 is 10.0 Å². The van der Waals surface area contributed by atoms with E-state index in [2.05, 4.69) is 0 Å². The standard InChI is InChI=1S/C10H17NO2S/c12-8-4-5-11(7-8)10(13)9-3-1-2-6-14-9/h8-9,12H,1-7H2/t8-,9?/m0/s1. The van der Waals surface area contributed by atoms with E-state index in [1.165, 1.54) is 12.8 Å². The second-order valence-corrected chi connectivity index (χ2v) is 5.39. The van der Waals surface area contributed by atoms with Gasteiger partial charge >= 0.3 is 0 Å². The fourth-order valence-electron chi connectivity index (χ4n) is 2.08. The molecule has 0 aromatic carbocycles. The van der Waals surface area contributed by atoms with E-state index in [1.54, 1.807) is 11.8 Å². The quantitative estimate of drug-likeness (QED) is 0.705. The number of hydrogen-bond donors (Lipinski definition) is 1. The first-order chi connectivity index (χ1) is 6.77. The molecule has 14 heavy (non-hydrogen) atoms. The van der Waals surface area contributed by atoms with E-state index < -0.39 is 0 Å². The molecule has 80 valence electrons. The lowest BCUT2D eigenvalue weighted by molar-refractivity contribution is -0.130. The minimum absolute atomic E-state index is 0.175. The number of β-amino-alcohol motifs (C(OH)–C–C–N with tert-alkyl or cyclic N) is 1. The van der Waals surface area contributed by atoms with E-state index in [-0.39, 0.29) is 17.3 Å². The van der Waals surface area contributed by atoms with E-state index in [0.29, 0.717) is 6.54 Å². The topological polar surface area (TPSA) is 40.5 Å². The van der Waals surface area contributed by atoms with Gasteiger partial charge in [0.05, 0.1) is 11.4 Å². The van der Waals surface area contributed by atoms with Crippen LogP contribution in [0.2, 0.25) is 0 Å². The van der Waals surface area contributed by atoms with Crippen molar-refractivity contribution in [1.82, 2.24) is 4.90 Å². The van der Waals surface area contributed by atoms with Crippen molar-refractivity contribution in [2.75, 3.05) is 18.8 Å². The first-order valence-corrected chi connectivity index (χ1v) is 6.40. The molecule has 0 spiro atoms. The molecule has 2 rings (SSSR count). The number of amides is 1. The smallest absolute Gasteiger partial charge is 0.235 e. The number of rotatable bonds is 1. The summed E-state index contributed by atoms with van der Waals surface area (Å²) in [7, 11) is 0. The molecule has 0 saturated carbocycles. The monoisotopic (exact) mass is 215 g/mol. The van der Waals surface area contributed by atoms with Crippen molar-refractivity contribution in [3.8, 4) is 0 Å². The molecular weight excluding hydrogens is 198 g/mol. The van der Waals surface area contributed by atoms with E-state index in [9.17, 15) is 9.90 Å². The molecule has 2 saturated heterocycles. The molecule has 0 aromatic rings. The van der Waals surface area contributed by atoms with E-state index in [4.69, 9.17) is 0 Å². The third-order valence-corrected chi connectivity index (χ3v) is 4.29. The number of likely N-dealkylation sites (tertiary alicyclic amines) is 1. The fourth-order valence-corrected chi connectivity index (χ4v) is 3.36. The second-order valence-electron chi connectivity index (χ2n) is 4.08. The molecule has 0 aliphatic carbocycles. The van der Waals surface area contributed by atoms with Crippen LogP contribution in [0.1, 0.15) is 25.7 Å². The normalized spacial score (nSPS) is 33.4. The highest BCUT2D eigenvalue weighted by Crippen LogP contribution is 2.27. The molecule has 2 aliphatic heterocycles. The first kappa shape index (κ1) is 10.3. The number of aliphatic hydroxyl groups is 1. The molecule has 1 N–H and O–H groups in total. The maximum Gasteiger partial charge on any atom is 0.235 e. The summed E-state index contributed by atoms with van der Waals surface area (Å²) in [5.41, 5.74) is 0. The summed E-state index contributed by atoms with van der Waals surface area (Å²) in [6, 6.07) is 0. The van der Waals surface area contributed by atoms with Crippen LogP contribution in [-0.2, 0) is 4.79 Å². The molecule has 0 bridgehead atoms. The molecule has 2 aliphatic rings. The highest BCUT2D eigenvalue weighted by Gasteiger charge is 2.30. The Morgan fingerprint density at radius 1 is 1.36 bits per heavy atom. The van der Waals surface area contributed by atoms with Crippen molar-refractivity contribution < 1.29 is 9.90 Å². The third kappa shape index (κ3) is 2.23. The van der Waals surface area contributed by atoms with Gasteiger partial charge in [-0.05, 0) is 25.0 Å². The summed E-state index contributed by atoms with van der Waals surface area (Å²) in [5.74, 6) is 1.37. The maximum absolute atomic E-state index is 11.9. The van der Waals surface area contributed by atoms with Crippen LogP contribution in [-0.4, -0.2) is 46.1 Å². The zero-order valence-corrected chi connectivity index (χ0v) is 9.13. The summed E-state index contributed by atoms with van der Waals surface area (Å²) in [6.07, 6.45) is 3.92. The van der Waals surface area contributed by atoms with Crippen LogP contribution in [0, 0.1) is 0 Å². The minimum atomic E-state index is -0.285. The van der Waals surface area contributed by atoms with Gasteiger partial charge in [0, 0.05) is 13.1 Å². The Kier molecular flexibility index (Phi) is 3.34. The summed E-state index contributed by atoms with van der Waals surface area (Å²) in [5, 5.41) is 9.52. The van der Waals surface area contributed by atoms with Crippen LogP contribution in [0.5, 0.6) is 0 Å². The Morgan fingerprint density at radius 2 is 2.21 bits per heavy atom. The van der Waals surface area contributed by atoms with Gasteiger partial charge in [0.25, 0.3) is 0 Å². The minimum Gasteiger partial charge on any atom is -0.391 e. The highest BCUT2D eigenvalue weighted by molar-refractivity contribution is 8.00. The Bertz CT molecular complexity index is 209. The average Bonchev–Trinajstić information content (AvgIpc) is 2.65. The van der Waals surface area contributed by atoms with Crippen LogP contribution in [0.25, 0.3) is 0 Å². The lowest BCUT2D eigenvalue weighted by Crippen LogP contribution is -2.37. The number of carbonyl (C=O) groups excluding carboxylic acids is 1. The van der Waals surface area contributed by atoms with Crippen molar-refractivity contribution in [3.63, 3.8) is 0 Å². The predicted molar refractivity (Wildman–Crippen MR) is 57.3 cm³/mol. The summed E-state index contributed by atoms with van der Waals surface area (Å²) in [6.45, 7) is 1.30. The van der Waals surface area contributed by atoms with Crippen molar-refractivity contribution in [2.24, 2.45) is 0 Å². The molecule has 1 unspecified atom stereocenters. The highest BCUT2D eigenvalue weighted by atomic mass is 32.2. The van der Waals surface area contributed by atoms with Crippen LogP contribution in [0.15, 0.2) is 0 Å². The molecule has 1 amide bonds. The number of hydrogen-bond acceptors (Lipinski definition) is 3. The van der Waals surface area contributed by atoms with Gasteiger partial charge in [0.15, 0.2) is 0 Å². The predicted octanol–water partition coefficient (Wildman–Crippen LogP) is 0.865. The van der Waals surface area contributed by atoms with Gasteiger partial charge in [-0.15, -0.1) is 11.8 Å². The lowest BCUT2D eigenvalue weighted by atomic mass is 10.2. The van der Waals surface area contributed by atoms with Gasteiger partial charge in [-0.3, -0.25) is 4.79 Å². The Labute approximate surface area is 88.9 Å². The lowest BCUT2D eigenvalue weighted by Gasteiger charge is -2.25. The third-order valence-electron chi connectivity index (χ3n) is 2.93. The molecule has 2 fully saturated rings. The second kappa shape index (κ2) is 4.53. The number of aliphatic hydroxyl groups excluding tert-OH is 1.